The SMILES string of the molecule is CC.Cc1cc(C(C)C)c2cnn(C)c2c1. The van der Waals surface area contributed by atoms with Gasteiger partial charge in [-0.25, -0.2) is 0 Å². The van der Waals surface area contributed by atoms with E-state index in [1.807, 2.05) is 31.8 Å². The topological polar surface area (TPSA) is 17.8 Å². The third kappa shape index (κ3) is 2.26. The van der Waals surface area contributed by atoms with Gasteiger partial charge in [0.25, 0.3) is 0 Å². The second-order valence-corrected chi connectivity index (χ2v) is 4.21. The molecule has 0 saturated carbocycles. The summed E-state index contributed by atoms with van der Waals surface area (Å²) in [6.07, 6.45) is 1.96. The quantitative estimate of drug-likeness (QED) is 0.706. The van der Waals surface area contributed by atoms with Crippen molar-refractivity contribution in [2.75, 3.05) is 0 Å². The highest BCUT2D eigenvalue weighted by Gasteiger charge is 2.08. The Kier molecular flexibility index (Phi) is 4.11. The lowest BCUT2D eigenvalue weighted by atomic mass is 9.97. The Hall–Kier alpha value is -1.31. The van der Waals surface area contributed by atoms with E-state index in [0.29, 0.717) is 5.92 Å². The Labute approximate surface area is 98.3 Å². The highest BCUT2D eigenvalue weighted by molar-refractivity contribution is 5.83. The predicted molar refractivity (Wildman–Crippen MR) is 70.9 cm³/mol. The molecule has 16 heavy (non-hydrogen) atoms. The van der Waals surface area contributed by atoms with Crippen LogP contribution >= 0.6 is 0 Å². The Morgan fingerprint density at radius 2 is 1.81 bits per heavy atom. The highest BCUT2D eigenvalue weighted by Crippen LogP contribution is 2.26. The molecule has 1 aromatic heterocycles. The molecule has 2 nitrogen and oxygen atoms in total. The summed E-state index contributed by atoms with van der Waals surface area (Å²) in [5.41, 5.74) is 3.94. The monoisotopic (exact) mass is 218 g/mol. The minimum Gasteiger partial charge on any atom is -0.268 e. The molecule has 0 unspecified atom stereocenters. The van der Waals surface area contributed by atoms with Crippen LogP contribution in [-0.4, -0.2) is 9.78 Å². The fourth-order valence-corrected chi connectivity index (χ4v) is 1.90. The maximum atomic E-state index is 4.30. The second kappa shape index (κ2) is 5.15. The molecular weight excluding hydrogens is 196 g/mol. The molecule has 0 aliphatic heterocycles. The molecule has 1 aromatic carbocycles. The normalized spacial score (nSPS) is 10.4. The summed E-state index contributed by atoms with van der Waals surface area (Å²) in [5.74, 6) is 0.557. The van der Waals surface area contributed by atoms with Crippen LogP contribution in [0.1, 0.15) is 44.7 Å². The Morgan fingerprint density at radius 1 is 1.19 bits per heavy atom. The summed E-state index contributed by atoms with van der Waals surface area (Å²) >= 11 is 0. The summed E-state index contributed by atoms with van der Waals surface area (Å²) in [6.45, 7) is 10.6. The van der Waals surface area contributed by atoms with Gasteiger partial charge in [0.15, 0.2) is 0 Å². The van der Waals surface area contributed by atoms with Crippen molar-refractivity contribution in [1.29, 1.82) is 0 Å². The van der Waals surface area contributed by atoms with E-state index in [4.69, 9.17) is 0 Å². The van der Waals surface area contributed by atoms with Crippen LogP contribution in [0.15, 0.2) is 18.3 Å². The first kappa shape index (κ1) is 12.8. The van der Waals surface area contributed by atoms with Crippen molar-refractivity contribution >= 4 is 10.9 Å². The van der Waals surface area contributed by atoms with Crippen molar-refractivity contribution < 1.29 is 0 Å². The summed E-state index contributed by atoms with van der Waals surface area (Å²) in [4.78, 5) is 0. The third-order valence-corrected chi connectivity index (χ3v) is 2.67. The molecule has 0 N–H and O–H groups in total. The largest absolute Gasteiger partial charge is 0.268 e. The van der Waals surface area contributed by atoms with Gasteiger partial charge in [0.05, 0.1) is 11.7 Å². The van der Waals surface area contributed by atoms with Gasteiger partial charge in [0, 0.05) is 12.4 Å². The molecule has 0 atom stereocenters. The predicted octanol–water partition coefficient (Wildman–Crippen LogP) is 4.03. The number of aromatic nitrogens is 2. The molecule has 0 spiro atoms. The number of nitrogens with zero attached hydrogens (tertiary/aromatic N) is 2. The van der Waals surface area contributed by atoms with E-state index >= 15 is 0 Å². The molecule has 0 amide bonds. The van der Waals surface area contributed by atoms with Crippen LogP contribution in [-0.2, 0) is 7.05 Å². The second-order valence-electron chi connectivity index (χ2n) is 4.21. The molecule has 88 valence electrons. The van der Waals surface area contributed by atoms with Gasteiger partial charge in [-0.15, -0.1) is 0 Å². The minimum atomic E-state index is 0.557. The van der Waals surface area contributed by atoms with Crippen molar-refractivity contribution in [2.24, 2.45) is 7.05 Å². The number of rotatable bonds is 1. The van der Waals surface area contributed by atoms with Crippen molar-refractivity contribution in [3.05, 3.63) is 29.5 Å². The Bertz CT molecular complexity index is 467. The number of benzene rings is 1. The lowest BCUT2D eigenvalue weighted by molar-refractivity contribution is 0.796. The maximum absolute atomic E-state index is 4.30. The third-order valence-electron chi connectivity index (χ3n) is 2.67. The summed E-state index contributed by atoms with van der Waals surface area (Å²) in [6, 6.07) is 4.45. The average molecular weight is 218 g/mol. The number of aryl methyl sites for hydroxylation is 2. The van der Waals surface area contributed by atoms with E-state index in [-0.39, 0.29) is 0 Å². The standard InChI is InChI=1S/C12H16N2.C2H6/c1-8(2)10-5-9(3)6-12-11(10)7-13-14(12)4;1-2/h5-8H,1-4H3;1-2H3. The summed E-state index contributed by atoms with van der Waals surface area (Å²) in [7, 11) is 1.99. The van der Waals surface area contributed by atoms with Crippen molar-refractivity contribution in [3.8, 4) is 0 Å². The molecule has 2 aromatic rings. The molecule has 1 heterocycles. The van der Waals surface area contributed by atoms with E-state index in [0.717, 1.165) is 0 Å². The fraction of sp³-hybridized carbons (Fsp3) is 0.500. The first-order valence-electron chi connectivity index (χ1n) is 6.02. The van der Waals surface area contributed by atoms with Gasteiger partial charge in [-0.3, -0.25) is 4.68 Å². The van der Waals surface area contributed by atoms with Crippen molar-refractivity contribution in [3.63, 3.8) is 0 Å². The van der Waals surface area contributed by atoms with Crippen molar-refractivity contribution in [2.45, 2.75) is 40.5 Å². The van der Waals surface area contributed by atoms with Gasteiger partial charge in [-0.1, -0.05) is 33.8 Å². The van der Waals surface area contributed by atoms with Gasteiger partial charge in [0.2, 0.25) is 0 Å². The van der Waals surface area contributed by atoms with Gasteiger partial charge >= 0.3 is 0 Å². The molecule has 2 rings (SSSR count). The van der Waals surface area contributed by atoms with Crippen LogP contribution in [0.3, 0.4) is 0 Å². The van der Waals surface area contributed by atoms with Gasteiger partial charge < -0.3 is 0 Å². The van der Waals surface area contributed by atoms with Crippen LogP contribution in [0.5, 0.6) is 0 Å². The van der Waals surface area contributed by atoms with Crippen LogP contribution in [0.25, 0.3) is 10.9 Å². The highest BCUT2D eigenvalue weighted by atomic mass is 15.2. The maximum Gasteiger partial charge on any atom is 0.0684 e. The zero-order valence-electron chi connectivity index (χ0n) is 11.2. The fourth-order valence-electron chi connectivity index (χ4n) is 1.90. The average Bonchev–Trinajstić information content (AvgIpc) is 2.62. The van der Waals surface area contributed by atoms with E-state index in [9.17, 15) is 0 Å². The molecule has 0 saturated heterocycles. The Balaban J connectivity index is 0.000000606. The number of fused-ring (bicyclic) bond motifs is 1. The molecule has 0 bridgehead atoms. The number of hydrogen-bond donors (Lipinski definition) is 0. The van der Waals surface area contributed by atoms with Crippen molar-refractivity contribution in [1.82, 2.24) is 9.78 Å². The number of hydrogen-bond acceptors (Lipinski definition) is 1. The van der Waals surface area contributed by atoms with E-state index in [1.165, 1.54) is 22.0 Å². The van der Waals surface area contributed by atoms with Crippen LogP contribution in [0, 0.1) is 6.92 Å². The molecular formula is C14H22N2. The first-order chi connectivity index (χ1) is 7.59. The zero-order valence-corrected chi connectivity index (χ0v) is 11.2. The van der Waals surface area contributed by atoms with Crippen LogP contribution in [0.2, 0.25) is 0 Å². The van der Waals surface area contributed by atoms with Gasteiger partial charge in [-0.2, -0.15) is 5.10 Å². The smallest absolute Gasteiger partial charge is 0.0684 e. The lowest BCUT2D eigenvalue weighted by Gasteiger charge is -2.08. The van der Waals surface area contributed by atoms with E-state index in [1.54, 1.807) is 0 Å². The molecule has 0 fully saturated rings. The zero-order chi connectivity index (χ0) is 12.3. The van der Waals surface area contributed by atoms with E-state index in [2.05, 4.69) is 38.0 Å². The van der Waals surface area contributed by atoms with Crippen LogP contribution < -0.4 is 0 Å². The molecule has 0 radical (unpaired) electrons. The van der Waals surface area contributed by atoms with Crippen LogP contribution in [0.4, 0.5) is 0 Å². The Morgan fingerprint density at radius 3 is 2.38 bits per heavy atom. The lowest BCUT2D eigenvalue weighted by Crippen LogP contribution is -1.92. The summed E-state index contributed by atoms with van der Waals surface area (Å²) in [5, 5.41) is 5.58. The summed E-state index contributed by atoms with van der Waals surface area (Å²) < 4.78 is 1.94. The van der Waals surface area contributed by atoms with Gasteiger partial charge in [0.1, 0.15) is 0 Å². The molecule has 2 heteroatoms. The first-order valence-corrected chi connectivity index (χ1v) is 6.02. The van der Waals surface area contributed by atoms with E-state index < -0.39 is 0 Å². The molecule has 0 aliphatic carbocycles. The minimum absolute atomic E-state index is 0.557. The van der Waals surface area contributed by atoms with Gasteiger partial charge in [-0.05, 0) is 30.0 Å². The molecule has 0 aliphatic rings.